The Bertz CT molecular complexity index is 1080. The molecule has 0 unspecified atom stereocenters. The van der Waals surface area contributed by atoms with Gasteiger partial charge in [0.15, 0.2) is 11.5 Å². The summed E-state index contributed by atoms with van der Waals surface area (Å²) in [5.74, 6) is 1.96. The largest absolute Gasteiger partial charge is 0.384 e. The topological polar surface area (TPSA) is 152 Å². The minimum atomic E-state index is -0.378. The zero-order chi connectivity index (χ0) is 19.5. The van der Waals surface area contributed by atoms with Crippen molar-refractivity contribution in [3.8, 4) is 5.82 Å². The van der Waals surface area contributed by atoms with Crippen LogP contribution in [0.15, 0.2) is 48.9 Å². The summed E-state index contributed by atoms with van der Waals surface area (Å²) in [5.41, 5.74) is 6.64. The molecule has 5 N–H and O–H groups in total. The fraction of sp³-hybridized carbons (Fsp3) is 0.0588. The minimum absolute atomic E-state index is 0.189. The molecule has 0 saturated carbocycles. The van der Waals surface area contributed by atoms with Gasteiger partial charge in [-0.25, -0.2) is 9.97 Å². The van der Waals surface area contributed by atoms with Gasteiger partial charge < -0.3 is 16.4 Å². The highest BCUT2D eigenvalue weighted by Crippen LogP contribution is 2.21. The van der Waals surface area contributed by atoms with Gasteiger partial charge >= 0.3 is 0 Å². The van der Waals surface area contributed by atoms with Crippen molar-refractivity contribution in [3.63, 3.8) is 0 Å². The number of carbonyl (C=O) groups excluding carboxylic acids is 1. The van der Waals surface area contributed by atoms with E-state index in [1.165, 1.54) is 4.68 Å². The Balaban J connectivity index is 1.72. The van der Waals surface area contributed by atoms with Crippen molar-refractivity contribution in [1.82, 2.24) is 34.9 Å². The van der Waals surface area contributed by atoms with Crippen LogP contribution >= 0.6 is 0 Å². The standard InChI is InChI=1S/C17H16N10O/c1-10-21-13(18)9-16(22-10)27-15(24-14-4-7-20-25-14)8-12(26-27)17(28)23-11-2-5-19-6-3-11/h2-9H,1H3,(H2,18,21,22)(H,19,23,28)(H2,20,24,25). The molecule has 11 heteroatoms. The van der Waals surface area contributed by atoms with Gasteiger partial charge in [-0.1, -0.05) is 0 Å². The summed E-state index contributed by atoms with van der Waals surface area (Å²) in [4.78, 5) is 25.0. The SMILES string of the molecule is Cc1nc(N)cc(-n2nc(C(=O)Nc3ccncc3)cc2Nc2ccn[nH]2)n1. The van der Waals surface area contributed by atoms with E-state index in [1.807, 2.05) is 0 Å². The molecular weight excluding hydrogens is 360 g/mol. The maximum atomic E-state index is 12.6. The average molecular weight is 376 g/mol. The lowest BCUT2D eigenvalue weighted by Gasteiger charge is -2.08. The predicted octanol–water partition coefficient (Wildman–Crippen LogP) is 1.67. The summed E-state index contributed by atoms with van der Waals surface area (Å²) in [6.45, 7) is 1.72. The van der Waals surface area contributed by atoms with Crippen LogP contribution in [0.3, 0.4) is 0 Å². The van der Waals surface area contributed by atoms with Gasteiger partial charge in [-0.15, -0.1) is 0 Å². The van der Waals surface area contributed by atoms with E-state index in [0.717, 1.165) is 0 Å². The Hall–Kier alpha value is -4.28. The van der Waals surface area contributed by atoms with Crippen LogP contribution in [-0.4, -0.2) is 40.8 Å². The van der Waals surface area contributed by atoms with Crippen molar-refractivity contribution >= 4 is 29.0 Å². The number of pyridine rings is 1. The van der Waals surface area contributed by atoms with Crippen molar-refractivity contribution in [1.29, 1.82) is 0 Å². The number of aryl methyl sites for hydroxylation is 1. The lowest BCUT2D eigenvalue weighted by atomic mass is 10.3. The zero-order valence-electron chi connectivity index (χ0n) is 14.8. The number of rotatable bonds is 5. The van der Waals surface area contributed by atoms with Gasteiger partial charge in [0, 0.05) is 36.3 Å². The zero-order valence-corrected chi connectivity index (χ0v) is 14.8. The Kier molecular flexibility index (Phi) is 4.38. The molecule has 0 saturated heterocycles. The molecule has 11 nitrogen and oxygen atoms in total. The van der Waals surface area contributed by atoms with E-state index in [-0.39, 0.29) is 11.6 Å². The second-order valence-corrected chi connectivity index (χ2v) is 5.81. The normalized spacial score (nSPS) is 10.6. The molecule has 28 heavy (non-hydrogen) atoms. The van der Waals surface area contributed by atoms with Crippen LogP contribution in [0.1, 0.15) is 16.3 Å². The molecule has 4 rings (SSSR count). The Morgan fingerprint density at radius 3 is 2.68 bits per heavy atom. The highest BCUT2D eigenvalue weighted by molar-refractivity contribution is 6.03. The molecular formula is C17H16N10O. The number of amides is 1. The molecule has 1 amide bonds. The van der Waals surface area contributed by atoms with Crippen molar-refractivity contribution in [2.45, 2.75) is 6.92 Å². The van der Waals surface area contributed by atoms with Gasteiger partial charge in [-0.05, 0) is 19.1 Å². The Morgan fingerprint density at radius 1 is 1.14 bits per heavy atom. The first-order valence-electron chi connectivity index (χ1n) is 8.28. The molecule has 0 fully saturated rings. The lowest BCUT2D eigenvalue weighted by Crippen LogP contribution is -2.13. The highest BCUT2D eigenvalue weighted by Gasteiger charge is 2.18. The van der Waals surface area contributed by atoms with Gasteiger partial charge in [0.2, 0.25) is 0 Å². The van der Waals surface area contributed by atoms with Gasteiger partial charge in [-0.2, -0.15) is 14.9 Å². The van der Waals surface area contributed by atoms with Crippen LogP contribution in [0.4, 0.5) is 23.1 Å². The molecule has 0 atom stereocenters. The van der Waals surface area contributed by atoms with Crippen molar-refractivity contribution in [3.05, 3.63) is 60.4 Å². The number of aromatic amines is 1. The third-order valence-corrected chi connectivity index (χ3v) is 3.70. The van der Waals surface area contributed by atoms with E-state index in [4.69, 9.17) is 5.73 Å². The summed E-state index contributed by atoms with van der Waals surface area (Å²) < 4.78 is 1.48. The van der Waals surface area contributed by atoms with Crippen molar-refractivity contribution < 1.29 is 4.79 Å². The smallest absolute Gasteiger partial charge is 0.276 e. The fourth-order valence-corrected chi connectivity index (χ4v) is 2.53. The number of aromatic nitrogens is 7. The number of H-pyrrole nitrogens is 1. The third-order valence-electron chi connectivity index (χ3n) is 3.70. The van der Waals surface area contributed by atoms with Crippen molar-refractivity contribution in [2.24, 2.45) is 0 Å². The van der Waals surface area contributed by atoms with Gasteiger partial charge in [0.05, 0.1) is 6.20 Å². The Morgan fingerprint density at radius 2 is 1.96 bits per heavy atom. The first-order valence-corrected chi connectivity index (χ1v) is 8.28. The summed E-state index contributed by atoms with van der Waals surface area (Å²) in [5, 5.41) is 17.0. The molecule has 0 radical (unpaired) electrons. The summed E-state index contributed by atoms with van der Waals surface area (Å²) >= 11 is 0. The molecule has 4 aromatic rings. The monoisotopic (exact) mass is 376 g/mol. The first-order chi connectivity index (χ1) is 13.6. The molecule has 4 aromatic heterocycles. The van der Waals surface area contributed by atoms with E-state index in [2.05, 4.69) is 40.9 Å². The predicted molar refractivity (Wildman–Crippen MR) is 102 cm³/mol. The van der Waals surface area contributed by atoms with E-state index in [1.54, 1.807) is 55.8 Å². The maximum Gasteiger partial charge on any atom is 0.276 e. The average Bonchev–Trinajstić information content (AvgIpc) is 3.32. The van der Waals surface area contributed by atoms with E-state index < -0.39 is 0 Å². The van der Waals surface area contributed by atoms with Crippen LogP contribution in [0, 0.1) is 6.92 Å². The number of nitrogens with two attached hydrogens (primary N) is 1. The van der Waals surface area contributed by atoms with Gasteiger partial charge in [0.1, 0.15) is 23.3 Å². The first kappa shape index (κ1) is 17.1. The summed E-state index contributed by atoms with van der Waals surface area (Å²) in [6, 6.07) is 8.29. The number of nitrogen functional groups attached to an aromatic ring is 1. The van der Waals surface area contributed by atoms with Crippen LogP contribution in [0.25, 0.3) is 5.82 Å². The summed E-state index contributed by atoms with van der Waals surface area (Å²) in [6.07, 6.45) is 4.78. The van der Waals surface area contributed by atoms with Crippen LogP contribution in [0.5, 0.6) is 0 Å². The van der Waals surface area contributed by atoms with Crippen LogP contribution in [0.2, 0.25) is 0 Å². The molecule has 0 aliphatic carbocycles. The van der Waals surface area contributed by atoms with Gasteiger partial charge in [0.25, 0.3) is 5.91 Å². The molecule has 0 aromatic carbocycles. The highest BCUT2D eigenvalue weighted by atomic mass is 16.2. The van der Waals surface area contributed by atoms with E-state index in [9.17, 15) is 4.79 Å². The van der Waals surface area contributed by atoms with Gasteiger partial charge in [-0.3, -0.25) is 14.9 Å². The third kappa shape index (κ3) is 3.62. The number of hydrogen-bond donors (Lipinski definition) is 4. The molecule has 140 valence electrons. The second-order valence-electron chi connectivity index (χ2n) is 5.81. The number of nitrogens with zero attached hydrogens (tertiary/aromatic N) is 6. The second kappa shape index (κ2) is 7.15. The maximum absolute atomic E-state index is 12.6. The van der Waals surface area contributed by atoms with Crippen LogP contribution in [-0.2, 0) is 0 Å². The Labute approximate surface area is 159 Å². The quantitative estimate of drug-likeness (QED) is 0.410. The molecule has 0 aliphatic heterocycles. The van der Waals surface area contributed by atoms with E-state index >= 15 is 0 Å². The fourth-order valence-electron chi connectivity index (χ4n) is 2.53. The molecule has 4 heterocycles. The summed E-state index contributed by atoms with van der Waals surface area (Å²) in [7, 11) is 0. The number of carbonyl (C=O) groups is 1. The number of hydrogen-bond acceptors (Lipinski definition) is 8. The molecule has 0 aliphatic rings. The molecule has 0 bridgehead atoms. The number of anilines is 4. The lowest BCUT2D eigenvalue weighted by molar-refractivity contribution is 0.102. The molecule has 0 spiro atoms. The van der Waals surface area contributed by atoms with Crippen molar-refractivity contribution in [2.75, 3.05) is 16.4 Å². The minimum Gasteiger partial charge on any atom is -0.384 e. The van der Waals surface area contributed by atoms with E-state index in [0.29, 0.717) is 34.8 Å². The van der Waals surface area contributed by atoms with Crippen LogP contribution < -0.4 is 16.4 Å². The number of nitrogens with one attached hydrogen (secondary N) is 3.